The smallest absolute Gasteiger partial charge is 0.220 e. The Hall–Kier alpha value is -2.11. The van der Waals surface area contributed by atoms with Gasteiger partial charge >= 0.3 is 0 Å². The van der Waals surface area contributed by atoms with E-state index in [0.29, 0.717) is 18.9 Å². The number of aromatic nitrogens is 4. The molecule has 0 aliphatic carbocycles. The quantitative estimate of drug-likeness (QED) is 0.728. The summed E-state index contributed by atoms with van der Waals surface area (Å²) in [5, 5.41) is 13.5. The van der Waals surface area contributed by atoms with Gasteiger partial charge in [0.25, 0.3) is 0 Å². The first-order valence-corrected chi connectivity index (χ1v) is 12.0. The monoisotopic (exact) mass is 440 g/mol. The van der Waals surface area contributed by atoms with E-state index >= 15 is 0 Å². The van der Waals surface area contributed by atoms with Crippen molar-refractivity contribution in [2.45, 2.75) is 57.6 Å². The van der Waals surface area contributed by atoms with E-state index in [2.05, 4.69) is 22.0 Å². The van der Waals surface area contributed by atoms with E-state index in [-0.39, 0.29) is 18.2 Å². The van der Waals surface area contributed by atoms with Crippen LogP contribution in [0.2, 0.25) is 0 Å². The van der Waals surface area contributed by atoms with Gasteiger partial charge in [0, 0.05) is 25.2 Å². The van der Waals surface area contributed by atoms with Crippen LogP contribution in [-0.2, 0) is 16.6 Å². The summed E-state index contributed by atoms with van der Waals surface area (Å²) in [6.07, 6.45) is 8.32. The van der Waals surface area contributed by atoms with Crippen molar-refractivity contribution in [2.75, 3.05) is 25.1 Å². The zero-order valence-corrected chi connectivity index (χ0v) is 18.1. The van der Waals surface area contributed by atoms with Gasteiger partial charge in [0.2, 0.25) is 16.0 Å². The number of aryl methyl sites for hydroxylation is 1. The summed E-state index contributed by atoms with van der Waals surface area (Å²) in [4.78, 5) is 7.69. The second kappa shape index (κ2) is 9.36. The molecule has 4 heterocycles. The molecule has 0 spiro atoms. The van der Waals surface area contributed by atoms with Gasteiger partial charge in [-0.15, -0.1) is 0 Å². The van der Waals surface area contributed by atoms with Crippen LogP contribution in [0.3, 0.4) is 0 Å². The third kappa shape index (κ3) is 5.32. The van der Waals surface area contributed by atoms with Gasteiger partial charge in [0.1, 0.15) is 5.69 Å². The standard InChI is InChI=1S/C13H16FN5.C6H13NO3S/c1-8-4-2-3-5-19-12(8)9(6-17-19)11-10(14)7-16-13(15)18-11;1-11(9,10)7-4-2-3-6(8)5-7/h6-8H,2-5H2,1H3,(H2,15,16,18);6,8H,2-5H2,1H3/t8-;/m0./s1. The molecule has 0 aromatic carbocycles. The predicted molar refractivity (Wildman–Crippen MR) is 112 cm³/mol. The van der Waals surface area contributed by atoms with E-state index in [4.69, 9.17) is 10.8 Å². The zero-order chi connectivity index (χ0) is 21.9. The van der Waals surface area contributed by atoms with Crippen molar-refractivity contribution >= 4 is 16.0 Å². The van der Waals surface area contributed by atoms with E-state index in [1.54, 1.807) is 6.20 Å². The third-order valence-corrected chi connectivity index (χ3v) is 6.72. The van der Waals surface area contributed by atoms with Gasteiger partial charge in [-0.05, 0) is 31.6 Å². The summed E-state index contributed by atoms with van der Waals surface area (Å²) in [5.74, 6) is -0.0327. The number of aliphatic hydroxyl groups is 1. The Bertz CT molecular complexity index is 981. The van der Waals surface area contributed by atoms with Crippen LogP contribution in [0, 0.1) is 5.82 Å². The van der Waals surface area contributed by atoms with Crippen LogP contribution in [0.4, 0.5) is 10.3 Å². The number of rotatable bonds is 2. The van der Waals surface area contributed by atoms with Crippen LogP contribution in [0.5, 0.6) is 0 Å². The van der Waals surface area contributed by atoms with Crippen molar-refractivity contribution in [3.63, 3.8) is 0 Å². The van der Waals surface area contributed by atoms with Crippen molar-refractivity contribution < 1.29 is 17.9 Å². The molecule has 0 bridgehead atoms. The molecule has 2 atom stereocenters. The molecule has 166 valence electrons. The van der Waals surface area contributed by atoms with E-state index in [1.807, 2.05) is 4.68 Å². The number of halogens is 1. The predicted octanol–water partition coefficient (Wildman–Crippen LogP) is 1.75. The number of aliphatic hydroxyl groups excluding tert-OH is 1. The van der Waals surface area contributed by atoms with Crippen molar-refractivity contribution in [3.05, 3.63) is 23.9 Å². The Kier molecular flexibility index (Phi) is 7.04. The first-order valence-electron chi connectivity index (χ1n) is 10.1. The zero-order valence-electron chi connectivity index (χ0n) is 17.3. The van der Waals surface area contributed by atoms with Gasteiger partial charge in [-0.3, -0.25) is 4.68 Å². The molecular formula is C19H29FN6O3S. The topological polar surface area (TPSA) is 127 Å². The van der Waals surface area contributed by atoms with Gasteiger partial charge in [-0.25, -0.2) is 22.8 Å². The molecule has 2 aliphatic rings. The highest BCUT2D eigenvalue weighted by molar-refractivity contribution is 7.88. The Morgan fingerprint density at radius 1 is 1.20 bits per heavy atom. The van der Waals surface area contributed by atoms with E-state index in [9.17, 15) is 12.8 Å². The minimum Gasteiger partial charge on any atom is -0.392 e. The molecule has 1 saturated heterocycles. The maximum Gasteiger partial charge on any atom is 0.220 e. The maximum atomic E-state index is 13.9. The van der Waals surface area contributed by atoms with Crippen LogP contribution in [-0.4, -0.2) is 63.0 Å². The number of β-amino-alcohol motifs (C(OH)–C–C–N with tert-alkyl or cyclic N) is 1. The van der Waals surface area contributed by atoms with Gasteiger partial charge in [0.05, 0.1) is 30.4 Å². The molecule has 30 heavy (non-hydrogen) atoms. The summed E-state index contributed by atoms with van der Waals surface area (Å²) in [6.45, 7) is 3.83. The van der Waals surface area contributed by atoms with E-state index in [0.717, 1.165) is 43.3 Å². The number of hydrogen-bond donors (Lipinski definition) is 2. The van der Waals surface area contributed by atoms with E-state index < -0.39 is 21.9 Å². The summed E-state index contributed by atoms with van der Waals surface area (Å²) in [6, 6.07) is 0. The van der Waals surface area contributed by atoms with Crippen molar-refractivity contribution in [1.82, 2.24) is 24.1 Å². The lowest BCUT2D eigenvalue weighted by molar-refractivity contribution is 0.108. The third-order valence-electron chi connectivity index (χ3n) is 5.45. The van der Waals surface area contributed by atoms with Crippen LogP contribution >= 0.6 is 0 Å². The van der Waals surface area contributed by atoms with Crippen LogP contribution in [0.25, 0.3) is 11.3 Å². The molecule has 4 rings (SSSR count). The number of nitrogens with two attached hydrogens (primary N) is 1. The van der Waals surface area contributed by atoms with Crippen LogP contribution in [0.1, 0.15) is 50.6 Å². The first kappa shape index (κ1) is 22.6. The number of nitrogens with zero attached hydrogens (tertiary/aromatic N) is 5. The largest absolute Gasteiger partial charge is 0.392 e. The van der Waals surface area contributed by atoms with Crippen molar-refractivity contribution in [3.8, 4) is 11.3 Å². The molecule has 0 saturated carbocycles. The Morgan fingerprint density at radius 3 is 2.63 bits per heavy atom. The van der Waals surface area contributed by atoms with Gasteiger partial charge < -0.3 is 10.8 Å². The number of anilines is 1. The molecule has 1 fully saturated rings. The second-order valence-electron chi connectivity index (χ2n) is 7.91. The fourth-order valence-electron chi connectivity index (χ4n) is 3.92. The fourth-order valence-corrected chi connectivity index (χ4v) is 4.82. The first-order chi connectivity index (χ1) is 14.2. The van der Waals surface area contributed by atoms with Crippen molar-refractivity contribution in [2.24, 2.45) is 0 Å². The molecule has 2 aromatic rings. The van der Waals surface area contributed by atoms with Gasteiger partial charge in [-0.2, -0.15) is 9.40 Å². The Labute approximate surface area is 176 Å². The maximum absolute atomic E-state index is 13.9. The summed E-state index contributed by atoms with van der Waals surface area (Å²) in [5.41, 5.74) is 7.60. The molecule has 3 N–H and O–H groups in total. The number of sulfonamides is 1. The van der Waals surface area contributed by atoms with Crippen molar-refractivity contribution in [1.29, 1.82) is 0 Å². The van der Waals surface area contributed by atoms with Gasteiger partial charge in [0.15, 0.2) is 5.82 Å². The number of nitrogen functional groups attached to an aromatic ring is 1. The molecule has 2 aromatic heterocycles. The number of fused-ring (bicyclic) bond motifs is 1. The summed E-state index contributed by atoms with van der Waals surface area (Å²) >= 11 is 0. The average Bonchev–Trinajstić information content (AvgIpc) is 3.02. The molecule has 11 heteroatoms. The normalized spacial score (nSPS) is 22.5. The SMILES string of the molecule is CS(=O)(=O)N1CCCC(O)C1.C[C@H]1CCCCn2ncc(-c3nc(N)ncc3F)c21. The highest BCUT2D eigenvalue weighted by Gasteiger charge is 2.24. The molecular weight excluding hydrogens is 411 g/mol. The second-order valence-corrected chi connectivity index (χ2v) is 9.89. The molecule has 0 amide bonds. The molecule has 9 nitrogen and oxygen atoms in total. The lowest BCUT2D eigenvalue weighted by atomic mass is 9.97. The van der Waals surface area contributed by atoms with Crippen LogP contribution < -0.4 is 5.73 Å². The molecule has 2 aliphatic heterocycles. The van der Waals surface area contributed by atoms with Gasteiger partial charge in [-0.1, -0.05) is 13.3 Å². The fraction of sp³-hybridized carbons (Fsp3) is 0.632. The summed E-state index contributed by atoms with van der Waals surface area (Å²) < 4.78 is 39.1. The molecule has 1 unspecified atom stereocenters. The summed E-state index contributed by atoms with van der Waals surface area (Å²) in [7, 11) is -3.09. The lowest BCUT2D eigenvalue weighted by Crippen LogP contribution is -2.41. The van der Waals surface area contributed by atoms with E-state index in [1.165, 1.54) is 17.0 Å². The highest BCUT2D eigenvalue weighted by Crippen LogP contribution is 2.34. The Morgan fingerprint density at radius 2 is 1.97 bits per heavy atom. The number of hydrogen-bond acceptors (Lipinski definition) is 7. The highest BCUT2D eigenvalue weighted by atomic mass is 32.2. The van der Waals surface area contributed by atoms with Crippen LogP contribution in [0.15, 0.2) is 12.4 Å². The lowest BCUT2D eigenvalue weighted by Gasteiger charge is -2.27. The minimum absolute atomic E-state index is 0.0811. The molecule has 0 radical (unpaired) electrons. The number of piperidine rings is 1. The Balaban J connectivity index is 0.000000199. The minimum atomic E-state index is -3.09. The average molecular weight is 441 g/mol.